The second-order valence-corrected chi connectivity index (χ2v) is 30.5. The number of nitrogens with zero attached hydrogens (tertiary/aromatic N) is 4. The minimum Gasteiger partial charge on any atom is -0.290 e. The van der Waals surface area contributed by atoms with Gasteiger partial charge in [0.15, 0.2) is 0 Å². The molecule has 71 heavy (non-hydrogen) atoms. The molecule has 0 aliphatic carbocycles. The molecule has 12 rings (SSSR count). The molecule has 0 radical (unpaired) electrons. The maximum Gasteiger partial charge on any atom is 0.0625 e. The smallest absolute Gasteiger partial charge is 0.0625 e. The van der Waals surface area contributed by atoms with Gasteiger partial charge in [0.1, 0.15) is 0 Å². The van der Waals surface area contributed by atoms with E-state index in [-0.39, 0.29) is 5.92 Å². The van der Waals surface area contributed by atoms with Crippen molar-refractivity contribution in [3.8, 4) is 0 Å². The van der Waals surface area contributed by atoms with Crippen LogP contribution in [0, 0.1) is 5.92 Å². The summed E-state index contributed by atoms with van der Waals surface area (Å²) < 4.78 is 22.1. The SMILES string of the molecule is Brc1ccc2cc1CN1Cc3cc(ccc3Br)N=P(c3ccccc3)(c3ccccc3)CC(CP(c3ccccc3)(c3ccccc3)=N2)CP(c2ccccc2)(c2ccccc2)=Nc2ccc(Br)c(c2)C1. The standard InChI is InChI=1S/C61H52Br3N4P3/c62-59-34-31-50-37-47(59)40-68-41-48-38-51(32-35-60(48)63)66-70(55-23-11-3-12-24-55,56-25-13-4-14-26-56)44-46(43-69(65-50,53-19-7-1-8-20-53)54-21-9-2-10-22-54)45-71(57-27-15-5-16-28-57,58-29-17-6-18-30-58)67-52-33-36-61(64)49(39-52)42-68/h1-39,46H,40-45H2. The molecular formula is C61H52Br3N4P3. The van der Waals surface area contributed by atoms with Crippen LogP contribution < -0.4 is 31.8 Å². The Bertz CT molecular complexity index is 3000. The lowest BCUT2D eigenvalue weighted by atomic mass is 10.1. The van der Waals surface area contributed by atoms with Crippen molar-refractivity contribution in [1.29, 1.82) is 0 Å². The lowest BCUT2D eigenvalue weighted by Crippen LogP contribution is -2.32. The Morgan fingerprint density at radius 1 is 0.310 bits per heavy atom. The van der Waals surface area contributed by atoms with Crippen molar-refractivity contribution in [2.24, 2.45) is 20.2 Å². The predicted molar refractivity (Wildman–Crippen MR) is 317 cm³/mol. The van der Waals surface area contributed by atoms with Gasteiger partial charge < -0.3 is 0 Å². The topological polar surface area (TPSA) is 40.3 Å². The van der Waals surface area contributed by atoms with Crippen molar-refractivity contribution < 1.29 is 0 Å². The van der Waals surface area contributed by atoms with Crippen LogP contribution in [0.4, 0.5) is 17.1 Å². The Balaban J connectivity index is 1.34. The summed E-state index contributed by atoms with van der Waals surface area (Å²) in [6, 6.07) is 87.8. The molecule has 3 aliphatic heterocycles. The van der Waals surface area contributed by atoms with Gasteiger partial charge in [0.2, 0.25) is 0 Å². The molecule has 4 nitrogen and oxygen atoms in total. The molecule has 0 fully saturated rings. The van der Waals surface area contributed by atoms with E-state index in [2.05, 4.69) is 289 Å². The van der Waals surface area contributed by atoms with Crippen LogP contribution in [0.3, 0.4) is 0 Å². The molecule has 0 N–H and O–H groups in total. The Kier molecular flexibility index (Phi) is 14.5. The van der Waals surface area contributed by atoms with Gasteiger partial charge >= 0.3 is 0 Å². The zero-order valence-corrected chi connectivity index (χ0v) is 46.5. The van der Waals surface area contributed by atoms with Crippen molar-refractivity contribution >= 4 is 118 Å². The zero-order chi connectivity index (χ0) is 48.3. The fraction of sp³-hybridized carbons (Fsp3) is 0.115. The molecule has 0 aromatic heterocycles. The van der Waals surface area contributed by atoms with Crippen molar-refractivity contribution in [3.63, 3.8) is 0 Å². The highest BCUT2D eigenvalue weighted by Crippen LogP contribution is 2.61. The molecular weight excluding hydrogens is 1120 g/mol. The maximum absolute atomic E-state index is 6.30. The molecule has 0 spiro atoms. The number of benzene rings is 9. The number of fused-ring (bicyclic) bond motifs is 3. The summed E-state index contributed by atoms with van der Waals surface area (Å²) in [6.45, 7) is 2.02. The predicted octanol–water partition coefficient (Wildman–Crippen LogP) is 16.3. The Morgan fingerprint density at radius 2 is 0.535 bits per heavy atom. The highest BCUT2D eigenvalue weighted by atomic mass is 79.9. The third-order valence-electron chi connectivity index (χ3n) is 13.8. The third kappa shape index (κ3) is 10.1. The molecule has 10 heteroatoms. The van der Waals surface area contributed by atoms with E-state index < -0.39 is 21.2 Å². The van der Waals surface area contributed by atoms with Crippen molar-refractivity contribution in [2.45, 2.75) is 19.6 Å². The van der Waals surface area contributed by atoms with Crippen LogP contribution in [-0.2, 0) is 19.6 Å². The van der Waals surface area contributed by atoms with Crippen LogP contribution >= 0.6 is 69.0 Å². The first kappa shape index (κ1) is 48.3. The van der Waals surface area contributed by atoms with Gasteiger partial charge in [0, 0.05) is 54.2 Å². The highest BCUT2D eigenvalue weighted by Gasteiger charge is 2.39. The molecule has 352 valence electrons. The van der Waals surface area contributed by atoms with Gasteiger partial charge in [-0.3, -0.25) is 19.1 Å². The van der Waals surface area contributed by atoms with E-state index in [4.69, 9.17) is 14.2 Å². The molecule has 3 aliphatic rings. The zero-order valence-electron chi connectivity index (χ0n) is 39.1. The summed E-state index contributed by atoms with van der Waals surface area (Å²) in [5.41, 5.74) is 6.52. The first-order valence-electron chi connectivity index (χ1n) is 24.0. The van der Waals surface area contributed by atoms with Gasteiger partial charge in [-0.05, 0) is 128 Å². The molecule has 0 saturated carbocycles. The van der Waals surface area contributed by atoms with E-state index in [0.29, 0.717) is 19.6 Å². The van der Waals surface area contributed by atoms with Crippen molar-refractivity contribution in [2.75, 3.05) is 18.5 Å². The number of hydrogen-bond acceptors (Lipinski definition) is 4. The average Bonchev–Trinajstić information content (AvgIpc) is 3.41. The normalized spacial score (nSPS) is 18.1. The maximum atomic E-state index is 6.30. The summed E-state index contributed by atoms with van der Waals surface area (Å²) in [4.78, 5) is 2.55. The minimum atomic E-state index is -2.70. The lowest BCUT2D eigenvalue weighted by molar-refractivity contribution is 0.246. The van der Waals surface area contributed by atoms with Gasteiger partial charge in [-0.15, -0.1) is 0 Å². The number of rotatable bonds is 6. The fourth-order valence-corrected chi connectivity index (χ4v) is 24.0. The molecule has 9 aromatic carbocycles. The summed E-state index contributed by atoms with van der Waals surface area (Å²) in [6.07, 6.45) is 2.39. The van der Waals surface area contributed by atoms with E-state index in [0.717, 1.165) is 49.0 Å². The quantitative estimate of drug-likeness (QED) is 0.153. The Hall–Kier alpha value is -4.93. The molecule has 0 saturated heterocycles. The van der Waals surface area contributed by atoms with Gasteiger partial charge in [0.05, 0.1) is 17.1 Å². The number of hydrogen-bond donors (Lipinski definition) is 0. The molecule has 8 bridgehead atoms. The van der Waals surface area contributed by atoms with Gasteiger partial charge in [-0.2, -0.15) is 0 Å². The summed E-state index contributed by atoms with van der Waals surface area (Å²) in [5, 5.41) is 7.58. The van der Waals surface area contributed by atoms with E-state index in [1.165, 1.54) is 48.5 Å². The molecule has 9 aromatic rings. The Labute approximate surface area is 444 Å². The first-order chi connectivity index (χ1) is 34.8. The summed E-state index contributed by atoms with van der Waals surface area (Å²) in [5.74, 6) is 0.0264. The lowest BCUT2D eigenvalue weighted by Gasteiger charge is -2.38. The van der Waals surface area contributed by atoms with Gasteiger partial charge in [-0.25, -0.2) is 0 Å². The molecule has 0 unspecified atom stereocenters. The van der Waals surface area contributed by atoms with Crippen molar-refractivity contribution in [1.82, 2.24) is 4.90 Å². The van der Waals surface area contributed by atoms with Crippen LogP contribution in [-0.4, -0.2) is 23.4 Å². The van der Waals surface area contributed by atoms with E-state index in [9.17, 15) is 0 Å². The second kappa shape index (κ2) is 21.3. The minimum absolute atomic E-state index is 0.0264. The molecule has 0 amide bonds. The van der Waals surface area contributed by atoms with E-state index in [1.807, 2.05) is 0 Å². The van der Waals surface area contributed by atoms with Crippen LogP contribution in [0.2, 0.25) is 0 Å². The number of halogens is 3. The summed E-state index contributed by atoms with van der Waals surface area (Å²) in [7, 11) is -8.11. The summed E-state index contributed by atoms with van der Waals surface area (Å²) >= 11 is 12.1. The van der Waals surface area contributed by atoms with E-state index in [1.54, 1.807) is 0 Å². The Morgan fingerprint density at radius 3 is 0.761 bits per heavy atom. The molecule has 3 heterocycles. The fourth-order valence-electron chi connectivity index (χ4n) is 10.6. The van der Waals surface area contributed by atoms with Gasteiger partial charge in [0.25, 0.3) is 0 Å². The van der Waals surface area contributed by atoms with Crippen LogP contribution in [0.5, 0.6) is 0 Å². The van der Waals surface area contributed by atoms with Crippen LogP contribution in [0.1, 0.15) is 16.7 Å². The average molecular weight is 1170 g/mol. The van der Waals surface area contributed by atoms with Crippen LogP contribution in [0.25, 0.3) is 0 Å². The van der Waals surface area contributed by atoms with E-state index >= 15 is 0 Å². The van der Waals surface area contributed by atoms with Gasteiger partial charge in [-0.1, -0.05) is 230 Å². The van der Waals surface area contributed by atoms with Crippen molar-refractivity contribution in [3.05, 3.63) is 267 Å². The largest absolute Gasteiger partial charge is 0.290 e. The van der Waals surface area contributed by atoms with Crippen LogP contribution in [0.15, 0.2) is 264 Å². The molecule has 0 atom stereocenters. The third-order valence-corrected chi connectivity index (χ3v) is 27.9. The highest BCUT2D eigenvalue weighted by molar-refractivity contribution is 9.11. The monoisotopic (exact) mass is 1170 g/mol. The first-order valence-corrected chi connectivity index (χ1v) is 32.2. The second-order valence-electron chi connectivity index (χ2n) is 18.5.